The minimum absolute atomic E-state index is 0.0138. The number of benzene rings is 1. The Hall–Kier alpha value is -1.88. The highest BCUT2D eigenvalue weighted by atomic mass is 16.2. The van der Waals surface area contributed by atoms with Gasteiger partial charge in [-0.3, -0.25) is 9.59 Å². The summed E-state index contributed by atoms with van der Waals surface area (Å²) in [7, 11) is 0. The second-order valence-electron chi connectivity index (χ2n) is 5.57. The van der Waals surface area contributed by atoms with Crippen LogP contribution < -0.4 is 11.1 Å². The van der Waals surface area contributed by atoms with Gasteiger partial charge < -0.3 is 16.0 Å². The lowest BCUT2D eigenvalue weighted by Crippen LogP contribution is -2.45. The van der Waals surface area contributed by atoms with E-state index in [2.05, 4.69) is 12.2 Å². The third kappa shape index (κ3) is 4.56. The van der Waals surface area contributed by atoms with Gasteiger partial charge in [0.2, 0.25) is 11.8 Å². The lowest BCUT2D eigenvalue weighted by Gasteiger charge is -2.29. The first-order chi connectivity index (χ1) is 10.1. The highest BCUT2D eigenvalue weighted by Gasteiger charge is 2.34. The van der Waals surface area contributed by atoms with Crippen LogP contribution in [0.15, 0.2) is 30.3 Å². The summed E-state index contributed by atoms with van der Waals surface area (Å²) in [5.41, 5.74) is 6.34. The molecule has 5 heteroatoms. The standard InChI is InChI=1S/C16H23N3O2/c1-12(14-7-8-14)19(11-13-5-3-2-4-6-13)16(21)10-18-15(20)9-17/h2-6,12,14H,7-11,17H2,1H3,(H,18,20). The van der Waals surface area contributed by atoms with Crippen molar-refractivity contribution in [2.75, 3.05) is 13.1 Å². The molecule has 0 aromatic heterocycles. The summed E-state index contributed by atoms with van der Waals surface area (Å²) in [6, 6.07) is 10.1. The lowest BCUT2D eigenvalue weighted by atomic mass is 10.1. The Bertz CT molecular complexity index is 486. The van der Waals surface area contributed by atoms with E-state index in [1.807, 2.05) is 35.2 Å². The van der Waals surface area contributed by atoms with Crippen molar-refractivity contribution in [3.8, 4) is 0 Å². The van der Waals surface area contributed by atoms with Crippen LogP contribution in [0.3, 0.4) is 0 Å². The van der Waals surface area contributed by atoms with Gasteiger partial charge in [-0.1, -0.05) is 30.3 Å². The van der Waals surface area contributed by atoms with Crippen LogP contribution in [0.1, 0.15) is 25.3 Å². The van der Waals surface area contributed by atoms with Gasteiger partial charge in [0.05, 0.1) is 13.1 Å². The monoisotopic (exact) mass is 289 g/mol. The van der Waals surface area contributed by atoms with Gasteiger partial charge in [0.25, 0.3) is 0 Å². The number of hydrogen-bond donors (Lipinski definition) is 2. The molecule has 1 aliphatic carbocycles. The number of nitrogens with zero attached hydrogens (tertiary/aromatic N) is 1. The van der Waals surface area contributed by atoms with E-state index in [0.29, 0.717) is 12.5 Å². The first kappa shape index (κ1) is 15.5. The molecule has 1 unspecified atom stereocenters. The second kappa shape index (κ2) is 7.22. The zero-order valence-corrected chi connectivity index (χ0v) is 12.4. The normalized spacial score (nSPS) is 15.3. The van der Waals surface area contributed by atoms with Crippen LogP contribution >= 0.6 is 0 Å². The van der Waals surface area contributed by atoms with Crippen molar-refractivity contribution in [1.29, 1.82) is 0 Å². The number of carbonyl (C=O) groups excluding carboxylic acids is 2. The summed E-state index contributed by atoms with van der Waals surface area (Å²) in [5, 5.41) is 2.56. The van der Waals surface area contributed by atoms with E-state index in [1.165, 1.54) is 12.8 Å². The average molecular weight is 289 g/mol. The van der Waals surface area contributed by atoms with Crippen LogP contribution in [0, 0.1) is 5.92 Å². The van der Waals surface area contributed by atoms with Crippen molar-refractivity contribution in [1.82, 2.24) is 10.2 Å². The van der Waals surface area contributed by atoms with E-state index in [4.69, 9.17) is 5.73 Å². The Morgan fingerprint density at radius 2 is 2.00 bits per heavy atom. The van der Waals surface area contributed by atoms with Crippen molar-refractivity contribution in [2.45, 2.75) is 32.4 Å². The molecule has 114 valence electrons. The molecule has 2 rings (SSSR count). The maximum atomic E-state index is 12.4. The van der Waals surface area contributed by atoms with E-state index in [-0.39, 0.29) is 30.9 Å². The molecular weight excluding hydrogens is 266 g/mol. The highest BCUT2D eigenvalue weighted by Crippen LogP contribution is 2.35. The van der Waals surface area contributed by atoms with Gasteiger partial charge in [-0.25, -0.2) is 0 Å². The van der Waals surface area contributed by atoms with Gasteiger partial charge in [-0.15, -0.1) is 0 Å². The van der Waals surface area contributed by atoms with Crippen molar-refractivity contribution in [2.24, 2.45) is 11.7 Å². The van der Waals surface area contributed by atoms with E-state index < -0.39 is 0 Å². The van der Waals surface area contributed by atoms with E-state index >= 15 is 0 Å². The maximum Gasteiger partial charge on any atom is 0.242 e. The SMILES string of the molecule is CC(C1CC1)N(Cc1ccccc1)C(=O)CNC(=O)CN. The molecule has 21 heavy (non-hydrogen) atoms. The Morgan fingerprint density at radius 3 is 2.57 bits per heavy atom. The fraction of sp³-hybridized carbons (Fsp3) is 0.500. The average Bonchev–Trinajstić information content (AvgIpc) is 3.35. The number of nitrogens with one attached hydrogen (secondary N) is 1. The summed E-state index contributed by atoms with van der Waals surface area (Å²) < 4.78 is 0. The molecule has 1 aromatic rings. The molecule has 1 atom stereocenters. The van der Waals surface area contributed by atoms with Crippen molar-refractivity contribution in [3.63, 3.8) is 0 Å². The Balaban J connectivity index is 2.01. The van der Waals surface area contributed by atoms with Crippen molar-refractivity contribution >= 4 is 11.8 Å². The molecule has 1 saturated carbocycles. The minimum atomic E-state index is -0.304. The van der Waals surface area contributed by atoms with Crippen LogP contribution in [-0.4, -0.2) is 35.8 Å². The molecule has 0 saturated heterocycles. The fourth-order valence-electron chi connectivity index (χ4n) is 2.42. The number of nitrogens with two attached hydrogens (primary N) is 1. The van der Waals surface area contributed by atoms with Crippen molar-refractivity contribution < 1.29 is 9.59 Å². The predicted octanol–water partition coefficient (Wildman–Crippen LogP) is 0.889. The van der Waals surface area contributed by atoms with E-state index in [0.717, 1.165) is 5.56 Å². The summed E-state index contributed by atoms with van der Waals surface area (Å²) in [4.78, 5) is 25.5. The zero-order valence-electron chi connectivity index (χ0n) is 12.4. The Labute approximate surface area is 125 Å². The smallest absolute Gasteiger partial charge is 0.242 e. The van der Waals surface area contributed by atoms with Gasteiger partial charge >= 0.3 is 0 Å². The quantitative estimate of drug-likeness (QED) is 0.782. The van der Waals surface area contributed by atoms with Gasteiger partial charge in [0.1, 0.15) is 0 Å². The van der Waals surface area contributed by atoms with Gasteiger partial charge in [0.15, 0.2) is 0 Å². The molecular formula is C16H23N3O2. The fourth-order valence-corrected chi connectivity index (χ4v) is 2.42. The summed E-state index contributed by atoms with van der Waals surface area (Å²) >= 11 is 0. The molecule has 5 nitrogen and oxygen atoms in total. The van der Waals surface area contributed by atoms with Crippen molar-refractivity contribution in [3.05, 3.63) is 35.9 Å². The molecule has 0 aliphatic heterocycles. The van der Waals surface area contributed by atoms with E-state index in [9.17, 15) is 9.59 Å². The summed E-state index contributed by atoms with van der Waals surface area (Å²) in [5.74, 6) is 0.227. The third-order valence-electron chi connectivity index (χ3n) is 3.93. The molecule has 1 aliphatic rings. The molecule has 0 radical (unpaired) electrons. The number of carbonyl (C=O) groups is 2. The van der Waals surface area contributed by atoms with Crippen LogP contribution in [0.4, 0.5) is 0 Å². The molecule has 2 amide bonds. The molecule has 0 heterocycles. The molecule has 0 spiro atoms. The zero-order chi connectivity index (χ0) is 15.2. The first-order valence-corrected chi connectivity index (χ1v) is 7.42. The topological polar surface area (TPSA) is 75.4 Å². The number of rotatable bonds is 7. The summed E-state index contributed by atoms with van der Waals surface area (Å²) in [6.45, 7) is 2.59. The number of hydrogen-bond acceptors (Lipinski definition) is 3. The molecule has 0 bridgehead atoms. The van der Waals surface area contributed by atoms with E-state index in [1.54, 1.807) is 0 Å². The third-order valence-corrected chi connectivity index (χ3v) is 3.93. The second-order valence-corrected chi connectivity index (χ2v) is 5.57. The highest BCUT2D eigenvalue weighted by molar-refractivity contribution is 5.85. The minimum Gasteiger partial charge on any atom is -0.346 e. The van der Waals surface area contributed by atoms with Crippen LogP contribution in [0.25, 0.3) is 0 Å². The Kier molecular flexibility index (Phi) is 5.33. The number of amides is 2. The van der Waals surface area contributed by atoms with Crippen LogP contribution in [0.5, 0.6) is 0 Å². The van der Waals surface area contributed by atoms with Gasteiger partial charge in [-0.05, 0) is 31.2 Å². The molecule has 1 fully saturated rings. The maximum absolute atomic E-state index is 12.4. The lowest BCUT2D eigenvalue weighted by molar-refractivity contribution is -0.135. The Morgan fingerprint density at radius 1 is 1.33 bits per heavy atom. The molecule has 3 N–H and O–H groups in total. The predicted molar refractivity (Wildman–Crippen MR) is 81.2 cm³/mol. The van der Waals surface area contributed by atoms with Crippen LogP contribution in [-0.2, 0) is 16.1 Å². The first-order valence-electron chi connectivity index (χ1n) is 7.42. The molecule has 1 aromatic carbocycles. The van der Waals surface area contributed by atoms with Gasteiger partial charge in [-0.2, -0.15) is 0 Å². The van der Waals surface area contributed by atoms with Gasteiger partial charge in [0, 0.05) is 12.6 Å². The largest absolute Gasteiger partial charge is 0.346 e. The summed E-state index contributed by atoms with van der Waals surface area (Å²) in [6.07, 6.45) is 2.35. The van der Waals surface area contributed by atoms with Crippen LogP contribution in [0.2, 0.25) is 0 Å².